The van der Waals surface area contributed by atoms with Gasteiger partial charge in [-0.1, -0.05) is 6.92 Å². The molecule has 0 saturated heterocycles. The Morgan fingerprint density at radius 3 is 2.67 bits per heavy atom. The van der Waals surface area contributed by atoms with Gasteiger partial charge in [0.15, 0.2) is 0 Å². The normalized spacial score (nSPS) is 10.3. The zero-order valence-corrected chi connectivity index (χ0v) is 10.8. The molecule has 1 aromatic heterocycles. The molecule has 0 atom stereocenters. The van der Waals surface area contributed by atoms with Crippen molar-refractivity contribution in [2.24, 2.45) is 7.05 Å². The van der Waals surface area contributed by atoms with Gasteiger partial charge in [0.1, 0.15) is 17.9 Å². The number of anilines is 1. The third kappa shape index (κ3) is 3.23. The van der Waals surface area contributed by atoms with Gasteiger partial charge in [-0.3, -0.25) is 4.68 Å². The fourth-order valence-electron chi connectivity index (χ4n) is 1.55. The molecule has 0 fully saturated rings. The standard InChI is InChI=1S/C13H18N4O/c1-3-8-18-12-6-4-11(5-7-12)14-9-13-15-10-16-17(13)2/h4-7,10,14H,3,8-9H2,1-2H3. The van der Waals surface area contributed by atoms with Gasteiger partial charge in [0.25, 0.3) is 0 Å². The maximum absolute atomic E-state index is 5.53. The van der Waals surface area contributed by atoms with E-state index in [0.29, 0.717) is 6.54 Å². The molecule has 1 aromatic carbocycles. The van der Waals surface area contributed by atoms with Crippen LogP contribution in [0.5, 0.6) is 5.75 Å². The Hall–Kier alpha value is -2.04. The SMILES string of the molecule is CCCOc1ccc(NCc2ncnn2C)cc1. The summed E-state index contributed by atoms with van der Waals surface area (Å²) >= 11 is 0. The van der Waals surface area contributed by atoms with E-state index in [4.69, 9.17) is 4.74 Å². The summed E-state index contributed by atoms with van der Waals surface area (Å²) in [5, 5.41) is 7.31. The van der Waals surface area contributed by atoms with Crippen LogP contribution in [0.25, 0.3) is 0 Å². The van der Waals surface area contributed by atoms with E-state index in [1.165, 1.54) is 0 Å². The minimum atomic E-state index is 0.658. The van der Waals surface area contributed by atoms with Crippen LogP contribution in [0.15, 0.2) is 30.6 Å². The average molecular weight is 246 g/mol. The molecule has 0 saturated carbocycles. The molecule has 5 heteroatoms. The highest BCUT2D eigenvalue weighted by molar-refractivity contribution is 5.46. The molecule has 2 aromatic rings. The molecule has 1 heterocycles. The Morgan fingerprint density at radius 2 is 2.06 bits per heavy atom. The first-order valence-corrected chi connectivity index (χ1v) is 6.09. The monoisotopic (exact) mass is 246 g/mol. The summed E-state index contributed by atoms with van der Waals surface area (Å²) in [6.45, 7) is 3.51. The van der Waals surface area contributed by atoms with Crippen molar-refractivity contribution in [3.63, 3.8) is 0 Å². The second kappa shape index (κ2) is 6.05. The minimum absolute atomic E-state index is 0.658. The Labute approximate surface area is 107 Å². The smallest absolute Gasteiger partial charge is 0.145 e. The molecule has 0 aliphatic heterocycles. The first kappa shape index (κ1) is 12.4. The Bertz CT molecular complexity index is 478. The summed E-state index contributed by atoms with van der Waals surface area (Å²) in [5.41, 5.74) is 1.04. The molecule has 0 unspecified atom stereocenters. The van der Waals surface area contributed by atoms with Crippen molar-refractivity contribution < 1.29 is 4.74 Å². The van der Waals surface area contributed by atoms with Gasteiger partial charge in [-0.05, 0) is 30.7 Å². The lowest BCUT2D eigenvalue weighted by molar-refractivity contribution is 0.317. The largest absolute Gasteiger partial charge is 0.494 e. The zero-order chi connectivity index (χ0) is 12.8. The van der Waals surface area contributed by atoms with Crippen LogP contribution < -0.4 is 10.1 Å². The van der Waals surface area contributed by atoms with Crippen molar-refractivity contribution in [2.45, 2.75) is 19.9 Å². The molecule has 0 radical (unpaired) electrons. The number of aromatic nitrogens is 3. The van der Waals surface area contributed by atoms with Crippen LogP contribution in [0.2, 0.25) is 0 Å². The first-order chi connectivity index (χ1) is 8.79. The van der Waals surface area contributed by atoms with E-state index >= 15 is 0 Å². The number of nitrogens with zero attached hydrogens (tertiary/aromatic N) is 3. The fraction of sp³-hybridized carbons (Fsp3) is 0.385. The van der Waals surface area contributed by atoms with Crippen LogP contribution in [-0.2, 0) is 13.6 Å². The Balaban J connectivity index is 1.88. The van der Waals surface area contributed by atoms with Gasteiger partial charge in [0.2, 0.25) is 0 Å². The molecule has 0 aliphatic rings. The molecule has 0 spiro atoms. The molecule has 0 bridgehead atoms. The fourth-order valence-corrected chi connectivity index (χ4v) is 1.55. The zero-order valence-electron chi connectivity index (χ0n) is 10.8. The first-order valence-electron chi connectivity index (χ1n) is 6.09. The lowest BCUT2D eigenvalue weighted by Gasteiger charge is -2.08. The van der Waals surface area contributed by atoms with Crippen molar-refractivity contribution in [3.05, 3.63) is 36.4 Å². The average Bonchev–Trinajstić information content (AvgIpc) is 2.81. The minimum Gasteiger partial charge on any atom is -0.494 e. The van der Waals surface area contributed by atoms with E-state index in [-0.39, 0.29) is 0 Å². The predicted molar refractivity (Wildman–Crippen MR) is 70.6 cm³/mol. The van der Waals surface area contributed by atoms with Crippen molar-refractivity contribution in [1.29, 1.82) is 0 Å². The van der Waals surface area contributed by atoms with Crippen LogP contribution in [0.4, 0.5) is 5.69 Å². The van der Waals surface area contributed by atoms with E-state index in [9.17, 15) is 0 Å². The topological polar surface area (TPSA) is 52.0 Å². The summed E-state index contributed by atoms with van der Waals surface area (Å²) in [7, 11) is 1.88. The number of nitrogens with one attached hydrogen (secondary N) is 1. The van der Waals surface area contributed by atoms with Crippen molar-refractivity contribution >= 4 is 5.69 Å². The molecule has 18 heavy (non-hydrogen) atoms. The van der Waals surface area contributed by atoms with Gasteiger partial charge in [-0.2, -0.15) is 5.10 Å². The van der Waals surface area contributed by atoms with Gasteiger partial charge >= 0.3 is 0 Å². The van der Waals surface area contributed by atoms with Gasteiger partial charge < -0.3 is 10.1 Å². The molecular formula is C13H18N4O. The van der Waals surface area contributed by atoms with Crippen LogP contribution >= 0.6 is 0 Å². The highest BCUT2D eigenvalue weighted by Crippen LogP contribution is 2.16. The number of aryl methyl sites for hydroxylation is 1. The quantitative estimate of drug-likeness (QED) is 0.849. The van der Waals surface area contributed by atoms with Crippen molar-refractivity contribution in [1.82, 2.24) is 14.8 Å². The second-order valence-corrected chi connectivity index (χ2v) is 4.03. The number of benzene rings is 1. The summed E-state index contributed by atoms with van der Waals surface area (Å²) in [4.78, 5) is 4.15. The third-order valence-electron chi connectivity index (χ3n) is 2.58. The highest BCUT2D eigenvalue weighted by Gasteiger charge is 2.00. The van der Waals surface area contributed by atoms with Gasteiger partial charge in [0.05, 0.1) is 13.2 Å². The lowest BCUT2D eigenvalue weighted by Crippen LogP contribution is -2.06. The molecule has 5 nitrogen and oxygen atoms in total. The maximum Gasteiger partial charge on any atom is 0.145 e. The molecule has 2 rings (SSSR count). The Kier molecular flexibility index (Phi) is 4.17. The summed E-state index contributed by atoms with van der Waals surface area (Å²) in [6, 6.07) is 7.94. The Morgan fingerprint density at radius 1 is 1.28 bits per heavy atom. The molecule has 96 valence electrons. The molecular weight excluding hydrogens is 228 g/mol. The number of ether oxygens (including phenoxy) is 1. The third-order valence-corrected chi connectivity index (χ3v) is 2.58. The lowest BCUT2D eigenvalue weighted by atomic mass is 10.3. The van der Waals surface area contributed by atoms with Gasteiger partial charge in [0, 0.05) is 12.7 Å². The highest BCUT2D eigenvalue weighted by atomic mass is 16.5. The summed E-state index contributed by atoms with van der Waals surface area (Å²) < 4.78 is 7.28. The second-order valence-electron chi connectivity index (χ2n) is 4.03. The number of hydrogen-bond acceptors (Lipinski definition) is 4. The van der Waals surface area contributed by atoms with E-state index < -0.39 is 0 Å². The van der Waals surface area contributed by atoms with Gasteiger partial charge in [-0.25, -0.2) is 4.98 Å². The number of rotatable bonds is 6. The predicted octanol–water partition coefficient (Wildman–Crippen LogP) is 2.22. The molecule has 1 N–H and O–H groups in total. The number of hydrogen-bond donors (Lipinski definition) is 1. The van der Waals surface area contributed by atoms with E-state index in [1.54, 1.807) is 11.0 Å². The molecule has 0 amide bonds. The maximum atomic E-state index is 5.53. The van der Waals surface area contributed by atoms with Crippen LogP contribution in [0.1, 0.15) is 19.2 Å². The summed E-state index contributed by atoms with van der Waals surface area (Å²) in [5.74, 6) is 1.81. The van der Waals surface area contributed by atoms with E-state index in [0.717, 1.165) is 30.3 Å². The van der Waals surface area contributed by atoms with Crippen molar-refractivity contribution in [2.75, 3.05) is 11.9 Å². The van der Waals surface area contributed by atoms with E-state index in [2.05, 4.69) is 22.3 Å². The van der Waals surface area contributed by atoms with Crippen LogP contribution in [0.3, 0.4) is 0 Å². The van der Waals surface area contributed by atoms with Gasteiger partial charge in [-0.15, -0.1) is 0 Å². The van der Waals surface area contributed by atoms with Crippen molar-refractivity contribution in [3.8, 4) is 5.75 Å². The molecule has 0 aliphatic carbocycles. The summed E-state index contributed by atoms with van der Waals surface area (Å²) in [6.07, 6.45) is 2.57. The van der Waals surface area contributed by atoms with Crippen LogP contribution in [0, 0.1) is 0 Å². The van der Waals surface area contributed by atoms with E-state index in [1.807, 2.05) is 31.3 Å². The van der Waals surface area contributed by atoms with Crippen LogP contribution in [-0.4, -0.2) is 21.4 Å².